The standard InChI is InChI=1S/C27H34N2O2/c1-4-16-29-17-15-27(22-11-8-12-25(18-22)31-3)19-24(14-13-23(27)20-29)28(2)26(30)21-9-6-5-7-10-21/h4-12,18,23-24H,1,13-17,19-20H2,2-3H3/t23-,24+,27+/m1/s1. The molecule has 3 atom stereocenters. The van der Waals surface area contributed by atoms with Crippen molar-refractivity contribution in [2.75, 3.05) is 33.8 Å². The van der Waals surface area contributed by atoms with E-state index in [0.717, 1.165) is 56.6 Å². The van der Waals surface area contributed by atoms with E-state index in [4.69, 9.17) is 4.74 Å². The highest BCUT2D eigenvalue weighted by molar-refractivity contribution is 5.94. The van der Waals surface area contributed by atoms with E-state index < -0.39 is 0 Å². The zero-order valence-electron chi connectivity index (χ0n) is 18.8. The van der Waals surface area contributed by atoms with Gasteiger partial charge in [-0.25, -0.2) is 0 Å². The van der Waals surface area contributed by atoms with Gasteiger partial charge in [0.2, 0.25) is 0 Å². The Balaban J connectivity index is 1.63. The quantitative estimate of drug-likeness (QED) is 0.634. The Morgan fingerprint density at radius 3 is 2.77 bits per heavy atom. The minimum absolute atomic E-state index is 0.0698. The monoisotopic (exact) mass is 418 g/mol. The van der Waals surface area contributed by atoms with Crippen LogP contribution in [0.5, 0.6) is 5.75 Å². The van der Waals surface area contributed by atoms with E-state index in [1.54, 1.807) is 7.11 Å². The number of fused-ring (bicyclic) bond motifs is 1. The fraction of sp³-hybridized carbons (Fsp3) is 0.444. The minimum atomic E-state index is 0.0698. The van der Waals surface area contributed by atoms with Gasteiger partial charge >= 0.3 is 0 Å². The zero-order valence-corrected chi connectivity index (χ0v) is 18.8. The topological polar surface area (TPSA) is 32.8 Å². The molecule has 1 saturated carbocycles. The summed E-state index contributed by atoms with van der Waals surface area (Å²) < 4.78 is 5.56. The van der Waals surface area contributed by atoms with Gasteiger partial charge in [-0.3, -0.25) is 9.69 Å². The number of hydrogen-bond donors (Lipinski definition) is 0. The number of benzene rings is 2. The third-order valence-corrected chi connectivity index (χ3v) is 7.50. The fourth-order valence-electron chi connectivity index (χ4n) is 5.75. The van der Waals surface area contributed by atoms with E-state index in [1.165, 1.54) is 5.56 Å². The lowest BCUT2D eigenvalue weighted by atomic mass is 9.57. The minimum Gasteiger partial charge on any atom is -0.497 e. The number of piperidine rings is 1. The van der Waals surface area contributed by atoms with E-state index >= 15 is 0 Å². The lowest BCUT2D eigenvalue weighted by Crippen LogP contribution is -2.56. The number of carbonyl (C=O) groups is 1. The lowest BCUT2D eigenvalue weighted by molar-refractivity contribution is 0.0221. The van der Waals surface area contributed by atoms with Crippen LogP contribution in [0.2, 0.25) is 0 Å². The summed E-state index contributed by atoms with van der Waals surface area (Å²) in [5, 5.41) is 0. The van der Waals surface area contributed by atoms with Gasteiger partial charge in [0, 0.05) is 37.2 Å². The molecule has 0 spiro atoms. The molecule has 1 heterocycles. The maximum Gasteiger partial charge on any atom is 0.253 e. The molecule has 4 nitrogen and oxygen atoms in total. The van der Waals surface area contributed by atoms with Gasteiger partial charge in [-0.1, -0.05) is 36.4 Å². The molecule has 4 heteroatoms. The molecule has 2 aromatic carbocycles. The van der Waals surface area contributed by atoms with Crippen LogP contribution in [0.15, 0.2) is 67.3 Å². The predicted molar refractivity (Wildman–Crippen MR) is 126 cm³/mol. The molecule has 1 aliphatic heterocycles. The van der Waals surface area contributed by atoms with Crippen molar-refractivity contribution in [2.45, 2.75) is 37.1 Å². The molecule has 0 unspecified atom stereocenters. The number of hydrogen-bond acceptors (Lipinski definition) is 3. The van der Waals surface area contributed by atoms with Crippen molar-refractivity contribution in [3.8, 4) is 5.75 Å². The summed E-state index contributed by atoms with van der Waals surface area (Å²) in [6.45, 7) is 7.03. The molecule has 1 aliphatic carbocycles. The highest BCUT2D eigenvalue weighted by atomic mass is 16.5. The van der Waals surface area contributed by atoms with Gasteiger partial charge in [0.05, 0.1) is 7.11 Å². The highest BCUT2D eigenvalue weighted by Gasteiger charge is 2.49. The highest BCUT2D eigenvalue weighted by Crippen LogP contribution is 2.50. The Morgan fingerprint density at radius 2 is 2.03 bits per heavy atom. The molecular formula is C27H34N2O2. The van der Waals surface area contributed by atoms with E-state index in [2.05, 4.69) is 29.7 Å². The Hall–Kier alpha value is -2.59. The SMILES string of the molecule is C=CCN1CC[C@@]2(c3cccc(OC)c3)C[C@@H](N(C)C(=O)c3ccccc3)CC[C@@H]2C1. The Labute approximate surface area is 186 Å². The van der Waals surface area contributed by atoms with Crippen LogP contribution in [0, 0.1) is 5.92 Å². The molecule has 2 aliphatic rings. The molecule has 1 saturated heterocycles. The van der Waals surface area contributed by atoms with Gasteiger partial charge in [-0.05, 0) is 68.0 Å². The number of nitrogens with zero attached hydrogens (tertiary/aromatic N) is 2. The van der Waals surface area contributed by atoms with Crippen LogP contribution in [-0.2, 0) is 5.41 Å². The van der Waals surface area contributed by atoms with Gasteiger partial charge in [0.15, 0.2) is 0 Å². The Morgan fingerprint density at radius 1 is 1.23 bits per heavy atom. The second-order valence-corrected chi connectivity index (χ2v) is 9.10. The first-order valence-electron chi connectivity index (χ1n) is 11.4. The Bertz CT molecular complexity index is 912. The second kappa shape index (κ2) is 9.27. The molecule has 0 bridgehead atoms. The number of likely N-dealkylation sites (tertiary alicyclic amines) is 1. The summed E-state index contributed by atoms with van der Waals surface area (Å²) in [7, 11) is 3.71. The van der Waals surface area contributed by atoms with Crippen LogP contribution in [0.25, 0.3) is 0 Å². The number of ether oxygens (including phenoxy) is 1. The van der Waals surface area contributed by atoms with Crippen LogP contribution >= 0.6 is 0 Å². The lowest BCUT2D eigenvalue weighted by Gasteiger charge is -2.54. The third-order valence-electron chi connectivity index (χ3n) is 7.50. The summed E-state index contributed by atoms with van der Waals surface area (Å²) in [5.74, 6) is 1.61. The van der Waals surface area contributed by atoms with Crippen LogP contribution in [0.4, 0.5) is 0 Å². The van der Waals surface area contributed by atoms with Gasteiger partial charge in [-0.2, -0.15) is 0 Å². The van der Waals surface area contributed by atoms with Crippen molar-refractivity contribution in [2.24, 2.45) is 5.92 Å². The maximum atomic E-state index is 13.2. The molecule has 0 radical (unpaired) electrons. The zero-order chi connectivity index (χ0) is 21.8. The smallest absolute Gasteiger partial charge is 0.253 e. The third kappa shape index (κ3) is 4.27. The molecule has 0 aromatic heterocycles. The van der Waals surface area contributed by atoms with E-state index in [0.29, 0.717) is 5.92 Å². The average Bonchev–Trinajstić information content (AvgIpc) is 2.83. The second-order valence-electron chi connectivity index (χ2n) is 9.10. The first kappa shape index (κ1) is 21.6. The van der Waals surface area contributed by atoms with Crippen molar-refractivity contribution in [3.05, 3.63) is 78.4 Å². The molecule has 4 rings (SSSR count). The van der Waals surface area contributed by atoms with Crippen molar-refractivity contribution in [1.82, 2.24) is 9.80 Å². The van der Waals surface area contributed by atoms with Crippen LogP contribution in [-0.4, -0.2) is 55.5 Å². The van der Waals surface area contributed by atoms with Crippen molar-refractivity contribution < 1.29 is 9.53 Å². The van der Waals surface area contributed by atoms with Gasteiger partial charge in [0.25, 0.3) is 5.91 Å². The summed E-state index contributed by atoms with van der Waals surface area (Å²) in [4.78, 5) is 17.7. The number of carbonyl (C=O) groups excluding carboxylic acids is 1. The summed E-state index contributed by atoms with van der Waals surface area (Å²) in [6, 6.07) is 18.5. The van der Waals surface area contributed by atoms with Crippen molar-refractivity contribution in [1.29, 1.82) is 0 Å². The molecule has 1 amide bonds. The van der Waals surface area contributed by atoms with E-state index in [9.17, 15) is 4.79 Å². The van der Waals surface area contributed by atoms with Gasteiger partial charge in [-0.15, -0.1) is 6.58 Å². The normalized spacial score (nSPS) is 26.0. The Kier molecular flexibility index (Phi) is 6.47. The molecule has 0 N–H and O–H groups in total. The van der Waals surface area contributed by atoms with E-state index in [-0.39, 0.29) is 17.4 Å². The van der Waals surface area contributed by atoms with Crippen LogP contribution in [0.1, 0.15) is 41.6 Å². The summed E-state index contributed by atoms with van der Waals surface area (Å²) >= 11 is 0. The van der Waals surface area contributed by atoms with E-state index in [1.807, 2.05) is 54.4 Å². The summed E-state index contributed by atoms with van der Waals surface area (Å²) in [5.41, 5.74) is 2.20. The van der Waals surface area contributed by atoms with Gasteiger partial charge in [0.1, 0.15) is 5.75 Å². The first-order chi connectivity index (χ1) is 15.1. The van der Waals surface area contributed by atoms with Crippen molar-refractivity contribution in [3.63, 3.8) is 0 Å². The largest absolute Gasteiger partial charge is 0.497 e. The van der Waals surface area contributed by atoms with Crippen LogP contribution < -0.4 is 4.74 Å². The predicted octanol–water partition coefficient (Wildman–Crippen LogP) is 4.77. The number of rotatable bonds is 6. The fourth-order valence-corrected chi connectivity index (χ4v) is 5.75. The molecular weight excluding hydrogens is 384 g/mol. The average molecular weight is 419 g/mol. The van der Waals surface area contributed by atoms with Crippen LogP contribution in [0.3, 0.4) is 0 Å². The molecule has 31 heavy (non-hydrogen) atoms. The molecule has 2 aromatic rings. The van der Waals surface area contributed by atoms with Crippen molar-refractivity contribution >= 4 is 5.91 Å². The first-order valence-corrected chi connectivity index (χ1v) is 11.4. The molecule has 164 valence electrons. The number of methoxy groups -OCH3 is 1. The maximum absolute atomic E-state index is 13.2. The molecule has 2 fully saturated rings. The number of amides is 1. The summed E-state index contributed by atoms with van der Waals surface area (Å²) in [6.07, 6.45) is 6.29. The van der Waals surface area contributed by atoms with Gasteiger partial charge < -0.3 is 9.64 Å².